The first-order valence-electron chi connectivity index (χ1n) is 6.22. The summed E-state index contributed by atoms with van der Waals surface area (Å²) in [7, 11) is 2.15. The van der Waals surface area contributed by atoms with Crippen LogP contribution < -0.4 is 10.6 Å². The standard InChI is InChI=1S/C12H21N5/c1-4-13-11-7-12(15-9(2)14-11)16-10-5-6-17(3)8-10/h7,10H,4-6,8H2,1-3H3,(H2,13,14,15,16). The van der Waals surface area contributed by atoms with Crippen LogP contribution in [0.4, 0.5) is 11.6 Å². The number of aryl methyl sites for hydroxylation is 1. The quantitative estimate of drug-likeness (QED) is 0.824. The van der Waals surface area contributed by atoms with E-state index in [1.807, 2.05) is 13.0 Å². The monoisotopic (exact) mass is 235 g/mol. The van der Waals surface area contributed by atoms with Crippen molar-refractivity contribution in [3.63, 3.8) is 0 Å². The maximum absolute atomic E-state index is 4.42. The van der Waals surface area contributed by atoms with E-state index in [2.05, 4.69) is 39.5 Å². The van der Waals surface area contributed by atoms with Gasteiger partial charge in [0.15, 0.2) is 0 Å². The average molecular weight is 235 g/mol. The van der Waals surface area contributed by atoms with Crippen molar-refractivity contribution in [3.8, 4) is 0 Å². The Hall–Kier alpha value is -1.36. The van der Waals surface area contributed by atoms with Crippen LogP contribution in [0.5, 0.6) is 0 Å². The van der Waals surface area contributed by atoms with Crippen LogP contribution in [0.1, 0.15) is 19.2 Å². The van der Waals surface area contributed by atoms with Crippen LogP contribution in [-0.2, 0) is 0 Å². The highest BCUT2D eigenvalue weighted by molar-refractivity contribution is 5.48. The maximum atomic E-state index is 4.42. The second-order valence-electron chi connectivity index (χ2n) is 4.61. The van der Waals surface area contributed by atoms with Crippen LogP contribution in [0.3, 0.4) is 0 Å². The first-order valence-corrected chi connectivity index (χ1v) is 6.22. The zero-order valence-corrected chi connectivity index (χ0v) is 10.8. The molecule has 0 spiro atoms. The SMILES string of the molecule is CCNc1cc(NC2CCN(C)C2)nc(C)n1. The van der Waals surface area contributed by atoms with E-state index in [4.69, 9.17) is 0 Å². The molecule has 0 amide bonds. The highest BCUT2D eigenvalue weighted by Crippen LogP contribution is 2.15. The van der Waals surface area contributed by atoms with Crippen LogP contribution in [0.2, 0.25) is 0 Å². The van der Waals surface area contributed by atoms with Crippen molar-refractivity contribution in [2.75, 3.05) is 37.3 Å². The smallest absolute Gasteiger partial charge is 0.132 e. The van der Waals surface area contributed by atoms with E-state index in [0.717, 1.165) is 37.1 Å². The number of nitrogens with one attached hydrogen (secondary N) is 2. The van der Waals surface area contributed by atoms with E-state index in [0.29, 0.717) is 6.04 Å². The third-order valence-electron chi connectivity index (χ3n) is 2.94. The van der Waals surface area contributed by atoms with E-state index in [-0.39, 0.29) is 0 Å². The number of aromatic nitrogens is 2. The van der Waals surface area contributed by atoms with E-state index < -0.39 is 0 Å². The molecule has 2 heterocycles. The summed E-state index contributed by atoms with van der Waals surface area (Å²) in [6.07, 6.45) is 1.18. The molecule has 5 heteroatoms. The molecule has 5 nitrogen and oxygen atoms in total. The molecule has 1 aliphatic rings. The third-order valence-corrected chi connectivity index (χ3v) is 2.94. The number of likely N-dealkylation sites (N-methyl/N-ethyl adjacent to an activating group) is 1. The van der Waals surface area contributed by atoms with Gasteiger partial charge in [0, 0.05) is 25.2 Å². The second-order valence-corrected chi connectivity index (χ2v) is 4.61. The molecule has 1 atom stereocenters. The lowest BCUT2D eigenvalue weighted by molar-refractivity contribution is 0.414. The lowest BCUT2D eigenvalue weighted by atomic mass is 10.2. The van der Waals surface area contributed by atoms with Gasteiger partial charge in [-0.2, -0.15) is 0 Å². The third kappa shape index (κ3) is 3.30. The second kappa shape index (κ2) is 5.31. The molecule has 1 fully saturated rings. The van der Waals surface area contributed by atoms with Crippen LogP contribution >= 0.6 is 0 Å². The molecule has 0 aromatic carbocycles. The minimum absolute atomic E-state index is 0.503. The highest BCUT2D eigenvalue weighted by atomic mass is 15.2. The van der Waals surface area contributed by atoms with Gasteiger partial charge in [-0.1, -0.05) is 0 Å². The molecule has 1 aromatic heterocycles. The molecule has 1 aromatic rings. The summed E-state index contributed by atoms with van der Waals surface area (Å²) in [6, 6.07) is 2.48. The van der Waals surface area contributed by atoms with Gasteiger partial charge in [0.2, 0.25) is 0 Å². The number of rotatable bonds is 4. The van der Waals surface area contributed by atoms with Gasteiger partial charge in [0.1, 0.15) is 17.5 Å². The normalized spacial score (nSPS) is 20.5. The first-order chi connectivity index (χ1) is 8.17. The molecule has 1 aliphatic heterocycles. The summed E-state index contributed by atoms with van der Waals surface area (Å²) in [4.78, 5) is 11.1. The predicted octanol–water partition coefficient (Wildman–Crippen LogP) is 1.33. The Morgan fingerprint density at radius 3 is 2.82 bits per heavy atom. The summed E-state index contributed by atoms with van der Waals surface area (Å²) in [5.74, 6) is 2.62. The highest BCUT2D eigenvalue weighted by Gasteiger charge is 2.19. The van der Waals surface area contributed by atoms with Gasteiger partial charge in [-0.05, 0) is 33.9 Å². The molecule has 94 valence electrons. The first kappa shape index (κ1) is 12.1. The number of likely N-dealkylation sites (tertiary alicyclic amines) is 1. The van der Waals surface area contributed by atoms with Gasteiger partial charge in [-0.3, -0.25) is 0 Å². The number of hydrogen-bond acceptors (Lipinski definition) is 5. The molecule has 0 radical (unpaired) electrons. The molecule has 1 unspecified atom stereocenters. The van der Waals surface area contributed by atoms with Crippen LogP contribution in [0, 0.1) is 6.92 Å². The predicted molar refractivity (Wildman–Crippen MR) is 70.5 cm³/mol. The maximum Gasteiger partial charge on any atom is 0.132 e. The molecule has 2 N–H and O–H groups in total. The Balaban J connectivity index is 2.04. The summed E-state index contributed by atoms with van der Waals surface area (Å²) in [5, 5.41) is 6.70. The molecule has 0 bridgehead atoms. The van der Waals surface area contributed by atoms with E-state index >= 15 is 0 Å². The van der Waals surface area contributed by atoms with Gasteiger partial charge in [-0.25, -0.2) is 9.97 Å². The van der Waals surface area contributed by atoms with E-state index in [9.17, 15) is 0 Å². The minimum Gasteiger partial charge on any atom is -0.370 e. The Morgan fingerprint density at radius 2 is 2.18 bits per heavy atom. The average Bonchev–Trinajstić information content (AvgIpc) is 2.63. The Labute approximate surface area is 103 Å². The molecule has 17 heavy (non-hydrogen) atoms. The van der Waals surface area contributed by atoms with Gasteiger partial charge in [0.05, 0.1) is 0 Å². The fourth-order valence-corrected chi connectivity index (χ4v) is 2.18. The van der Waals surface area contributed by atoms with Crippen molar-refractivity contribution in [3.05, 3.63) is 11.9 Å². The van der Waals surface area contributed by atoms with E-state index in [1.54, 1.807) is 0 Å². The molecule has 2 rings (SSSR count). The van der Waals surface area contributed by atoms with Crippen molar-refractivity contribution in [2.45, 2.75) is 26.3 Å². The summed E-state index contributed by atoms with van der Waals surface area (Å²) >= 11 is 0. The Bertz CT molecular complexity index is 379. The van der Waals surface area contributed by atoms with Crippen LogP contribution in [-0.4, -0.2) is 47.6 Å². The van der Waals surface area contributed by atoms with E-state index in [1.165, 1.54) is 6.42 Å². The Morgan fingerprint density at radius 1 is 1.41 bits per heavy atom. The zero-order chi connectivity index (χ0) is 12.3. The van der Waals surface area contributed by atoms with Gasteiger partial charge in [0.25, 0.3) is 0 Å². The topological polar surface area (TPSA) is 53.1 Å². The van der Waals surface area contributed by atoms with Gasteiger partial charge in [-0.15, -0.1) is 0 Å². The Kier molecular flexibility index (Phi) is 3.78. The van der Waals surface area contributed by atoms with Crippen molar-refractivity contribution in [1.82, 2.24) is 14.9 Å². The molecule has 0 aliphatic carbocycles. The van der Waals surface area contributed by atoms with Gasteiger partial charge < -0.3 is 15.5 Å². The number of anilines is 2. The molecule has 1 saturated heterocycles. The molecular formula is C12H21N5. The number of nitrogens with zero attached hydrogens (tertiary/aromatic N) is 3. The van der Waals surface area contributed by atoms with Crippen molar-refractivity contribution >= 4 is 11.6 Å². The summed E-state index contributed by atoms with van der Waals surface area (Å²) in [5.41, 5.74) is 0. The fraction of sp³-hybridized carbons (Fsp3) is 0.667. The number of hydrogen-bond donors (Lipinski definition) is 2. The zero-order valence-electron chi connectivity index (χ0n) is 10.8. The summed E-state index contributed by atoms with van der Waals surface area (Å²) < 4.78 is 0. The van der Waals surface area contributed by atoms with Gasteiger partial charge >= 0.3 is 0 Å². The molecular weight excluding hydrogens is 214 g/mol. The van der Waals surface area contributed by atoms with Crippen LogP contribution in [0.15, 0.2) is 6.07 Å². The molecule has 0 saturated carbocycles. The lowest BCUT2D eigenvalue weighted by Crippen LogP contribution is -2.24. The van der Waals surface area contributed by atoms with Crippen molar-refractivity contribution < 1.29 is 0 Å². The lowest BCUT2D eigenvalue weighted by Gasteiger charge is -2.14. The summed E-state index contributed by atoms with van der Waals surface area (Å²) in [6.45, 7) is 7.10. The van der Waals surface area contributed by atoms with Crippen molar-refractivity contribution in [2.24, 2.45) is 0 Å². The van der Waals surface area contributed by atoms with Crippen LogP contribution in [0.25, 0.3) is 0 Å². The largest absolute Gasteiger partial charge is 0.370 e. The minimum atomic E-state index is 0.503. The van der Waals surface area contributed by atoms with Crippen molar-refractivity contribution in [1.29, 1.82) is 0 Å². The fourth-order valence-electron chi connectivity index (χ4n) is 2.18.